The molecule has 2 saturated carbocycles. The first kappa shape index (κ1) is 5.36. The molecule has 3 aliphatic rings. The summed E-state index contributed by atoms with van der Waals surface area (Å²) in [6.07, 6.45) is 8.29. The van der Waals surface area contributed by atoms with E-state index in [1.165, 1.54) is 19.3 Å². The number of allylic oxidation sites excluding steroid dienone is 1. The molecule has 1 N–H and O–H groups in total. The first-order valence-electron chi connectivity index (χ1n) is 4.19. The van der Waals surface area contributed by atoms with Gasteiger partial charge in [-0.05, 0) is 25.2 Å². The van der Waals surface area contributed by atoms with Gasteiger partial charge in [0.25, 0.3) is 0 Å². The van der Waals surface area contributed by atoms with Crippen LogP contribution in [-0.2, 0) is 0 Å². The highest BCUT2D eigenvalue weighted by molar-refractivity contribution is 5.25. The zero-order valence-corrected chi connectivity index (χ0v) is 5.96. The lowest BCUT2D eigenvalue weighted by molar-refractivity contribution is -0.0896. The minimum Gasteiger partial charge on any atom is -0.392 e. The first-order valence-corrected chi connectivity index (χ1v) is 4.19. The van der Waals surface area contributed by atoms with Crippen molar-refractivity contribution in [3.8, 4) is 0 Å². The van der Waals surface area contributed by atoms with Crippen LogP contribution in [0.2, 0.25) is 0 Å². The summed E-state index contributed by atoms with van der Waals surface area (Å²) in [5.74, 6) is 1.38. The zero-order valence-electron chi connectivity index (χ0n) is 5.96. The Hall–Kier alpha value is -0.300. The highest BCUT2D eigenvalue weighted by Gasteiger charge is 2.67. The van der Waals surface area contributed by atoms with Gasteiger partial charge in [-0.2, -0.15) is 0 Å². The summed E-state index contributed by atoms with van der Waals surface area (Å²) in [5.41, 5.74) is 0.425. The lowest BCUT2D eigenvalue weighted by Gasteiger charge is -2.46. The molecule has 1 heteroatoms. The van der Waals surface area contributed by atoms with E-state index in [9.17, 15) is 5.11 Å². The maximum atomic E-state index is 9.66. The Morgan fingerprint density at radius 1 is 1.40 bits per heavy atom. The van der Waals surface area contributed by atoms with Crippen LogP contribution in [0.15, 0.2) is 12.2 Å². The molecule has 54 valence electrons. The van der Waals surface area contributed by atoms with E-state index in [2.05, 4.69) is 12.2 Å². The van der Waals surface area contributed by atoms with Crippen LogP contribution in [0.25, 0.3) is 0 Å². The molecule has 0 bridgehead atoms. The van der Waals surface area contributed by atoms with E-state index in [1.54, 1.807) is 0 Å². The monoisotopic (exact) mass is 136 g/mol. The Bertz CT molecular complexity index is 203. The third kappa shape index (κ3) is 0.367. The molecule has 1 spiro atoms. The smallest absolute Gasteiger partial charge is 0.0664 e. The number of fused-ring (bicyclic) bond motifs is 2. The molecule has 3 atom stereocenters. The summed E-state index contributed by atoms with van der Waals surface area (Å²) >= 11 is 0. The summed E-state index contributed by atoms with van der Waals surface area (Å²) in [7, 11) is 0. The van der Waals surface area contributed by atoms with Crippen LogP contribution in [0.5, 0.6) is 0 Å². The molecular weight excluding hydrogens is 124 g/mol. The van der Waals surface area contributed by atoms with E-state index >= 15 is 0 Å². The van der Waals surface area contributed by atoms with Crippen molar-refractivity contribution < 1.29 is 5.11 Å². The molecule has 0 amide bonds. The topological polar surface area (TPSA) is 20.2 Å². The van der Waals surface area contributed by atoms with Gasteiger partial charge in [-0.3, -0.25) is 0 Å². The van der Waals surface area contributed by atoms with Crippen LogP contribution in [0.3, 0.4) is 0 Å². The molecule has 2 fully saturated rings. The molecule has 10 heavy (non-hydrogen) atoms. The number of aliphatic hydroxyl groups is 1. The van der Waals surface area contributed by atoms with Gasteiger partial charge in [0.05, 0.1) is 6.10 Å². The van der Waals surface area contributed by atoms with Crippen molar-refractivity contribution in [3.63, 3.8) is 0 Å². The van der Waals surface area contributed by atoms with Crippen LogP contribution in [0.1, 0.15) is 19.3 Å². The van der Waals surface area contributed by atoms with E-state index in [1.807, 2.05) is 0 Å². The average Bonchev–Trinajstić information content (AvgIpc) is 2.66. The van der Waals surface area contributed by atoms with Gasteiger partial charge in [0.1, 0.15) is 0 Å². The van der Waals surface area contributed by atoms with Crippen LogP contribution in [-0.4, -0.2) is 11.2 Å². The Kier molecular flexibility index (Phi) is 0.713. The quantitative estimate of drug-likeness (QED) is 0.498. The molecule has 0 unspecified atom stereocenters. The normalized spacial score (nSPS) is 52.7. The van der Waals surface area contributed by atoms with Crippen molar-refractivity contribution in [2.45, 2.75) is 25.4 Å². The van der Waals surface area contributed by atoms with Gasteiger partial charge >= 0.3 is 0 Å². The van der Waals surface area contributed by atoms with Crippen molar-refractivity contribution in [1.29, 1.82) is 0 Å². The summed E-state index contributed by atoms with van der Waals surface area (Å²) < 4.78 is 0. The fraction of sp³-hybridized carbons (Fsp3) is 0.778. The number of hydrogen-bond donors (Lipinski definition) is 1. The second-order valence-corrected chi connectivity index (χ2v) is 4.03. The maximum Gasteiger partial charge on any atom is 0.0664 e. The van der Waals surface area contributed by atoms with Crippen molar-refractivity contribution in [2.75, 3.05) is 0 Å². The standard InChI is InChI=1S/C9H12O/c10-8-6-2-1-3-7(6)9(8)4-5-9/h1-2,6-8,10H,3-5H2/t6-,7+,8+/m0/s1. The third-order valence-corrected chi connectivity index (χ3v) is 3.73. The van der Waals surface area contributed by atoms with E-state index < -0.39 is 0 Å². The van der Waals surface area contributed by atoms with Crippen LogP contribution in [0.4, 0.5) is 0 Å². The fourth-order valence-electron chi connectivity index (χ4n) is 2.91. The minimum absolute atomic E-state index is 0.0243. The average molecular weight is 136 g/mol. The molecule has 3 rings (SSSR count). The lowest BCUT2D eigenvalue weighted by atomic mass is 9.61. The fourth-order valence-corrected chi connectivity index (χ4v) is 2.91. The molecule has 0 radical (unpaired) electrons. The molecule has 0 aliphatic heterocycles. The highest BCUT2D eigenvalue weighted by Crippen LogP contribution is 2.69. The first-order chi connectivity index (χ1) is 4.84. The molecule has 0 aromatic rings. The van der Waals surface area contributed by atoms with Gasteiger partial charge in [-0.25, -0.2) is 0 Å². The third-order valence-electron chi connectivity index (χ3n) is 3.73. The van der Waals surface area contributed by atoms with Crippen molar-refractivity contribution in [3.05, 3.63) is 12.2 Å². The van der Waals surface area contributed by atoms with Gasteiger partial charge in [0.2, 0.25) is 0 Å². The van der Waals surface area contributed by atoms with Gasteiger partial charge in [-0.15, -0.1) is 0 Å². The number of hydrogen-bond acceptors (Lipinski definition) is 1. The molecule has 0 saturated heterocycles. The summed E-state index contributed by atoms with van der Waals surface area (Å²) in [6.45, 7) is 0. The summed E-state index contributed by atoms with van der Waals surface area (Å²) in [4.78, 5) is 0. The van der Waals surface area contributed by atoms with Gasteiger partial charge < -0.3 is 5.11 Å². The number of aliphatic hydroxyl groups excluding tert-OH is 1. The van der Waals surface area contributed by atoms with E-state index in [-0.39, 0.29) is 6.10 Å². The second kappa shape index (κ2) is 1.33. The molecule has 0 heterocycles. The van der Waals surface area contributed by atoms with E-state index in [0.29, 0.717) is 11.3 Å². The van der Waals surface area contributed by atoms with Crippen molar-refractivity contribution >= 4 is 0 Å². The minimum atomic E-state index is 0.0243. The molecule has 0 aromatic heterocycles. The van der Waals surface area contributed by atoms with Crippen molar-refractivity contribution in [2.24, 2.45) is 17.3 Å². The largest absolute Gasteiger partial charge is 0.392 e. The molecule has 0 aromatic carbocycles. The number of rotatable bonds is 0. The highest BCUT2D eigenvalue weighted by atomic mass is 16.3. The van der Waals surface area contributed by atoms with Gasteiger partial charge in [-0.1, -0.05) is 12.2 Å². The maximum absolute atomic E-state index is 9.66. The summed E-state index contributed by atoms with van der Waals surface area (Å²) in [5, 5.41) is 9.66. The van der Waals surface area contributed by atoms with Gasteiger partial charge in [0.15, 0.2) is 0 Å². The zero-order chi connectivity index (χ0) is 6.77. The Labute approximate surface area is 60.7 Å². The lowest BCUT2D eigenvalue weighted by Crippen LogP contribution is -2.50. The van der Waals surface area contributed by atoms with Crippen LogP contribution < -0.4 is 0 Å². The van der Waals surface area contributed by atoms with E-state index in [0.717, 1.165) is 5.92 Å². The second-order valence-electron chi connectivity index (χ2n) is 4.03. The molecule has 3 aliphatic carbocycles. The molecule has 1 nitrogen and oxygen atoms in total. The van der Waals surface area contributed by atoms with Crippen LogP contribution in [0, 0.1) is 17.3 Å². The van der Waals surface area contributed by atoms with Crippen molar-refractivity contribution in [1.82, 2.24) is 0 Å². The molecular formula is C9H12O. The van der Waals surface area contributed by atoms with E-state index in [4.69, 9.17) is 0 Å². The predicted octanol–water partition coefficient (Wildman–Crippen LogP) is 1.33. The van der Waals surface area contributed by atoms with Crippen LogP contribution >= 0.6 is 0 Å². The Morgan fingerprint density at radius 2 is 2.20 bits per heavy atom. The SMILES string of the molecule is O[C@@H]1[C@H]2C=CC[C@H]2C12CC2. The summed E-state index contributed by atoms with van der Waals surface area (Å²) in [6, 6.07) is 0. The van der Waals surface area contributed by atoms with Gasteiger partial charge in [0, 0.05) is 11.3 Å². The Morgan fingerprint density at radius 3 is 2.90 bits per heavy atom. The Balaban J connectivity index is 1.94. The predicted molar refractivity (Wildman–Crippen MR) is 38.4 cm³/mol.